The van der Waals surface area contributed by atoms with E-state index < -0.39 is 5.97 Å². The van der Waals surface area contributed by atoms with Gasteiger partial charge in [-0.05, 0) is 12.2 Å². The Balaban J connectivity index is 3.66. The van der Waals surface area contributed by atoms with Crippen LogP contribution in [0.1, 0.15) is 0 Å². The van der Waals surface area contributed by atoms with Crippen LogP contribution in [0.3, 0.4) is 0 Å². The summed E-state index contributed by atoms with van der Waals surface area (Å²) in [7, 11) is 0. The van der Waals surface area contributed by atoms with Crippen molar-refractivity contribution in [1.29, 1.82) is 0 Å². The van der Waals surface area contributed by atoms with E-state index in [1.807, 2.05) is 0 Å². The lowest BCUT2D eigenvalue weighted by molar-refractivity contribution is -0.136. The summed E-state index contributed by atoms with van der Waals surface area (Å²) in [6, 6.07) is 0. The van der Waals surface area contributed by atoms with Crippen molar-refractivity contribution >= 4 is 5.97 Å². The average molecular weight is 160 g/mol. The van der Waals surface area contributed by atoms with Crippen molar-refractivity contribution < 1.29 is 9.53 Å². The van der Waals surface area contributed by atoms with Crippen molar-refractivity contribution in [3.63, 3.8) is 0 Å². The summed E-state index contributed by atoms with van der Waals surface area (Å²) < 4.78 is 4.60. The number of rotatable bonds is 2. The fourth-order valence-electron chi connectivity index (χ4n) is 0.385. The second-order valence-corrected chi connectivity index (χ2v) is 1.63. The van der Waals surface area contributed by atoms with Gasteiger partial charge in [0, 0.05) is 6.08 Å². The molecule has 0 heterocycles. The number of carbonyl (C=O) groups excluding carboxylic acids is 1. The molecule has 0 saturated heterocycles. The van der Waals surface area contributed by atoms with Gasteiger partial charge in [0.2, 0.25) is 0 Å². The fourth-order valence-corrected chi connectivity index (χ4v) is 0.385. The lowest BCUT2D eigenvalue weighted by atomic mass is 10.5. The van der Waals surface area contributed by atoms with Crippen LogP contribution in [-0.2, 0) is 9.53 Å². The number of carbonyl (C=O) groups is 1. The molecule has 0 aromatic carbocycles. The third-order valence-corrected chi connectivity index (χ3v) is 0.806. The highest BCUT2D eigenvalue weighted by Crippen LogP contribution is 1.79. The second kappa shape index (κ2) is 7.18. The zero-order valence-electron chi connectivity index (χ0n) is 6.54. The molecule has 0 aliphatic heterocycles. The predicted molar refractivity (Wildman–Crippen MR) is 46.9 cm³/mol. The third-order valence-electron chi connectivity index (χ3n) is 0.806. The Hall–Kier alpha value is -1.93. The standard InChI is InChI=1S/C10H8O2/c1-3-5-7-9-12-10(11)8-6-4-2/h2-3,6,8H,1,9H2/b8-6-. The lowest BCUT2D eigenvalue weighted by Crippen LogP contribution is -1.99. The predicted octanol–water partition coefficient (Wildman–Crippen LogP) is 0.908. The molecule has 0 aromatic rings. The summed E-state index contributed by atoms with van der Waals surface area (Å²) in [6.45, 7) is 3.43. The Morgan fingerprint density at radius 3 is 3.00 bits per heavy atom. The highest BCUT2D eigenvalue weighted by molar-refractivity contribution is 5.82. The SMILES string of the molecule is C#C/C=C\C(=O)OCC#CC=C. The minimum atomic E-state index is -0.494. The number of hydrogen-bond donors (Lipinski definition) is 0. The normalized spacial score (nSPS) is 7.92. The van der Waals surface area contributed by atoms with Gasteiger partial charge in [-0.15, -0.1) is 6.42 Å². The van der Waals surface area contributed by atoms with Gasteiger partial charge in [0.05, 0.1) is 0 Å². The van der Waals surface area contributed by atoms with Gasteiger partial charge in [0.15, 0.2) is 6.61 Å². The van der Waals surface area contributed by atoms with Crippen molar-refractivity contribution in [2.24, 2.45) is 0 Å². The third kappa shape index (κ3) is 6.19. The summed E-state index contributed by atoms with van der Waals surface area (Å²) in [5.74, 6) is 6.75. The summed E-state index contributed by atoms with van der Waals surface area (Å²) in [6.07, 6.45) is 8.72. The molecule has 0 radical (unpaired) electrons. The molecule has 2 nitrogen and oxygen atoms in total. The van der Waals surface area contributed by atoms with Gasteiger partial charge in [0.1, 0.15) is 0 Å². The fraction of sp³-hybridized carbons (Fsp3) is 0.100. The first-order valence-corrected chi connectivity index (χ1v) is 3.20. The molecule has 60 valence electrons. The van der Waals surface area contributed by atoms with Crippen LogP contribution in [0.25, 0.3) is 0 Å². The molecule has 0 spiro atoms. The number of allylic oxidation sites excluding steroid dienone is 2. The van der Waals surface area contributed by atoms with E-state index in [4.69, 9.17) is 6.42 Å². The largest absolute Gasteiger partial charge is 0.449 e. The molecule has 0 unspecified atom stereocenters. The molecule has 2 heteroatoms. The molecule has 0 aliphatic rings. The van der Waals surface area contributed by atoms with Crippen LogP contribution >= 0.6 is 0 Å². The van der Waals surface area contributed by atoms with Crippen LogP contribution in [0.2, 0.25) is 0 Å². The van der Waals surface area contributed by atoms with Gasteiger partial charge in [-0.3, -0.25) is 0 Å². The first-order valence-electron chi connectivity index (χ1n) is 3.20. The summed E-state index contributed by atoms with van der Waals surface area (Å²) in [4.78, 5) is 10.7. The maximum Gasteiger partial charge on any atom is 0.332 e. The molecule has 0 amide bonds. The summed E-state index contributed by atoms with van der Waals surface area (Å²) >= 11 is 0. The first-order chi connectivity index (χ1) is 5.81. The van der Waals surface area contributed by atoms with E-state index in [9.17, 15) is 4.79 Å². The molecule has 0 aliphatic carbocycles. The number of ether oxygens (including phenoxy) is 1. The molecule has 0 saturated carbocycles. The number of hydrogen-bond acceptors (Lipinski definition) is 2. The topological polar surface area (TPSA) is 26.3 Å². The Morgan fingerprint density at radius 1 is 1.67 bits per heavy atom. The highest BCUT2D eigenvalue weighted by Gasteiger charge is 1.91. The summed E-state index contributed by atoms with van der Waals surface area (Å²) in [5.41, 5.74) is 0. The first kappa shape index (κ1) is 10.1. The van der Waals surface area contributed by atoms with Crippen LogP contribution in [0.4, 0.5) is 0 Å². The van der Waals surface area contributed by atoms with E-state index in [0.29, 0.717) is 0 Å². The van der Waals surface area contributed by atoms with Crippen molar-refractivity contribution in [3.05, 3.63) is 24.8 Å². The summed E-state index contributed by atoms with van der Waals surface area (Å²) in [5, 5.41) is 0. The average Bonchev–Trinajstić information content (AvgIpc) is 2.09. The Kier molecular flexibility index (Phi) is 6.03. The van der Waals surface area contributed by atoms with Crippen molar-refractivity contribution in [1.82, 2.24) is 0 Å². The van der Waals surface area contributed by atoms with Gasteiger partial charge in [-0.1, -0.05) is 24.3 Å². The molecule has 0 N–H and O–H groups in total. The zero-order valence-corrected chi connectivity index (χ0v) is 6.54. The van der Waals surface area contributed by atoms with Crippen LogP contribution in [0.15, 0.2) is 24.8 Å². The van der Waals surface area contributed by atoms with E-state index in [-0.39, 0.29) is 6.61 Å². The monoisotopic (exact) mass is 160 g/mol. The second-order valence-electron chi connectivity index (χ2n) is 1.63. The van der Waals surface area contributed by atoms with Crippen LogP contribution in [-0.4, -0.2) is 12.6 Å². The molecule has 12 heavy (non-hydrogen) atoms. The lowest BCUT2D eigenvalue weighted by Gasteiger charge is -1.91. The zero-order chi connectivity index (χ0) is 9.23. The molecular formula is C10H8O2. The van der Waals surface area contributed by atoms with Gasteiger partial charge < -0.3 is 4.74 Å². The Labute approximate surface area is 71.9 Å². The Bertz CT molecular complexity index is 281. The van der Waals surface area contributed by atoms with Gasteiger partial charge >= 0.3 is 5.97 Å². The van der Waals surface area contributed by atoms with Gasteiger partial charge in [0.25, 0.3) is 0 Å². The van der Waals surface area contributed by atoms with Crippen molar-refractivity contribution in [3.8, 4) is 24.2 Å². The van der Waals surface area contributed by atoms with E-state index in [0.717, 1.165) is 6.08 Å². The number of terminal acetylenes is 1. The molecule has 0 bridgehead atoms. The van der Waals surface area contributed by atoms with Crippen LogP contribution in [0, 0.1) is 24.2 Å². The minimum absolute atomic E-state index is 0.0553. The van der Waals surface area contributed by atoms with Crippen LogP contribution < -0.4 is 0 Å². The van der Waals surface area contributed by atoms with E-state index >= 15 is 0 Å². The van der Waals surface area contributed by atoms with Gasteiger partial charge in [-0.2, -0.15) is 0 Å². The molecule has 0 rings (SSSR count). The van der Waals surface area contributed by atoms with Crippen molar-refractivity contribution in [2.75, 3.05) is 6.61 Å². The number of esters is 1. The maximum absolute atomic E-state index is 10.7. The van der Waals surface area contributed by atoms with Gasteiger partial charge in [-0.25, -0.2) is 4.79 Å². The quantitative estimate of drug-likeness (QED) is 0.341. The Morgan fingerprint density at radius 2 is 2.42 bits per heavy atom. The van der Waals surface area contributed by atoms with Crippen LogP contribution in [0.5, 0.6) is 0 Å². The van der Waals surface area contributed by atoms with E-state index in [1.54, 1.807) is 0 Å². The van der Waals surface area contributed by atoms with Crippen molar-refractivity contribution in [2.45, 2.75) is 0 Å². The smallest absolute Gasteiger partial charge is 0.332 e. The van der Waals surface area contributed by atoms with E-state index in [2.05, 4.69) is 29.1 Å². The highest BCUT2D eigenvalue weighted by atomic mass is 16.5. The van der Waals surface area contributed by atoms with E-state index in [1.165, 1.54) is 12.2 Å². The molecule has 0 fully saturated rings. The minimum Gasteiger partial charge on any atom is -0.449 e. The molecule has 0 aromatic heterocycles. The molecule has 0 atom stereocenters. The molecular weight excluding hydrogens is 152 g/mol. The maximum atomic E-state index is 10.7.